The molecule has 14 heteroatoms. The van der Waals surface area contributed by atoms with Crippen LogP contribution in [-0.2, 0) is 4.74 Å². The van der Waals surface area contributed by atoms with Gasteiger partial charge in [0.1, 0.15) is 28.7 Å². The Morgan fingerprint density at radius 2 is 1.70 bits per heavy atom. The zero-order chi connectivity index (χ0) is 37.2. The van der Waals surface area contributed by atoms with E-state index in [0.29, 0.717) is 43.6 Å². The molecule has 0 atom stereocenters. The van der Waals surface area contributed by atoms with Gasteiger partial charge in [0.05, 0.1) is 37.1 Å². The quantitative estimate of drug-likeness (QED) is 0.192. The second-order valence-electron chi connectivity index (χ2n) is 13.8. The molecule has 1 saturated heterocycles. The maximum absolute atomic E-state index is 14.5. The standard InChI is InChI=1S/C40H39F2N7O5/c41-28-7-14-36-45-35(25-47(36)24-28)38(50)44-30-8-10-31(11-9-30)49-39(51)34-22-29(42)23-43-37(34)48(40(49)52)32-4-1-3-27(21-32)26-5-12-33(13-6-26)54-18-2-15-46-16-19-53-20-17-46/h1,3-7,12-14,21-25,30-31H,2,8-11,15-20H2,(H,44,50)/t30-,31+. The Bertz CT molecular complexity index is 2430. The molecule has 2 aromatic carbocycles. The molecule has 2 aliphatic rings. The summed E-state index contributed by atoms with van der Waals surface area (Å²) in [5, 5.41) is 2.98. The third kappa shape index (κ3) is 7.39. The van der Waals surface area contributed by atoms with Gasteiger partial charge in [-0.3, -0.25) is 19.1 Å². The lowest BCUT2D eigenvalue weighted by molar-refractivity contribution is 0.0358. The van der Waals surface area contributed by atoms with Gasteiger partial charge in [-0.15, -0.1) is 0 Å². The van der Waals surface area contributed by atoms with Gasteiger partial charge in [-0.25, -0.2) is 28.1 Å². The highest BCUT2D eigenvalue weighted by atomic mass is 19.1. The highest BCUT2D eigenvalue weighted by Gasteiger charge is 2.29. The van der Waals surface area contributed by atoms with E-state index in [1.807, 2.05) is 42.5 Å². The minimum absolute atomic E-state index is 0.00571. The molecule has 0 spiro atoms. The smallest absolute Gasteiger partial charge is 0.337 e. The summed E-state index contributed by atoms with van der Waals surface area (Å²) in [4.78, 5) is 52.1. The summed E-state index contributed by atoms with van der Waals surface area (Å²) in [5.74, 6) is -0.759. The first-order valence-corrected chi connectivity index (χ1v) is 18.2. The third-order valence-electron chi connectivity index (χ3n) is 10.2. The fourth-order valence-corrected chi connectivity index (χ4v) is 7.42. The van der Waals surface area contributed by atoms with Gasteiger partial charge in [0.15, 0.2) is 5.65 Å². The van der Waals surface area contributed by atoms with Gasteiger partial charge in [0, 0.05) is 44.1 Å². The molecule has 6 aromatic rings. The Kier molecular flexibility index (Phi) is 10.0. The first kappa shape index (κ1) is 35.3. The monoisotopic (exact) mass is 735 g/mol. The van der Waals surface area contributed by atoms with E-state index in [0.717, 1.165) is 68.4 Å². The molecule has 278 valence electrons. The van der Waals surface area contributed by atoms with Gasteiger partial charge in [-0.1, -0.05) is 24.3 Å². The van der Waals surface area contributed by atoms with Crippen molar-refractivity contribution in [2.45, 2.75) is 44.2 Å². The molecule has 0 radical (unpaired) electrons. The molecular formula is C40H39F2N7O5. The van der Waals surface area contributed by atoms with Crippen LogP contribution in [0.2, 0.25) is 0 Å². The molecular weight excluding hydrogens is 696 g/mol. The van der Waals surface area contributed by atoms with Crippen LogP contribution in [0.5, 0.6) is 5.75 Å². The number of aromatic nitrogens is 5. The molecule has 12 nitrogen and oxygen atoms in total. The van der Waals surface area contributed by atoms with Crippen molar-refractivity contribution in [1.29, 1.82) is 0 Å². The van der Waals surface area contributed by atoms with Crippen LogP contribution < -0.4 is 21.3 Å². The highest BCUT2D eigenvalue weighted by molar-refractivity contribution is 5.93. The van der Waals surface area contributed by atoms with Crippen LogP contribution in [0, 0.1) is 11.6 Å². The maximum atomic E-state index is 14.5. The number of halogens is 2. The predicted molar refractivity (Wildman–Crippen MR) is 198 cm³/mol. The SMILES string of the molecule is O=C(N[C@H]1CC[C@@H](n2c(=O)c3cc(F)cnc3n(-c3cccc(-c4ccc(OCCCN5CCOCC5)cc4)c3)c2=O)CC1)c1cn2cc(F)ccc2n1. The van der Waals surface area contributed by atoms with E-state index in [-0.39, 0.29) is 22.8 Å². The van der Waals surface area contributed by atoms with Crippen molar-refractivity contribution in [2.24, 2.45) is 0 Å². The van der Waals surface area contributed by atoms with Gasteiger partial charge in [0.25, 0.3) is 11.5 Å². The first-order valence-electron chi connectivity index (χ1n) is 18.2. The third-order valence-corrected chi connectivity index (χ3v) is 10.2. The summed E-state index contributed by atoms with van der Waals surface area (Å²) in [5.41, 5.74) is 1.70. The molecule has 4 aromatic heterocycles. The molecule has 8 rings (SSSR count). The van der Waals surface area contributed by atoms with Gasteiger partial charge in [-0.2, -0.15) is 0 Å². The molecule has 1 aliphatic heterocycles. The minimum Gasteiger partial charge on any atom is -0.494 e. The van der Waals surface area contributed by atoms with Crippen molar-refractivity contribution in [3.63, 3.8) is 0 Å². The van der Waals surface area contributed by atoms with Crippen LogP contribution >= 0.6 is 0 Å². The molecule has 5 heterocycles. The maximum Gasteiger partial charge on any atom is 0.337 e. The van der Waals surface area contributed by atoms with E-state index in [1.54, 1.807) is 6.07 Å². The number of ether oxygens (including phenoxy) is 2. The number of carbonyl (C=O) groups is 1. The number of nitrogens with one attached hydrogen (secondary N) is 1. The van der Waals surface area contributed by atoms with Gasteiger partial charge < -0.3 is 19.2 Å². The lowest BCUT2D eigenvalue weighted by atomic mass is 9.90. The van der Waals surface area contributed by atoms with Gasteiger partial charge >= 0.3 is 5.69 Å². The zero-order valence-electron chi connectivity index (χ0n) is 29.5. The van der Waals surface area contributed by atoms with Crippen molar-refractivity contribution in [1.82, 2.24) is 33.7 Å². The van der Waals surface area contributed by atoms with E-state index in [2.05, 4.69) is 20.2 Å². The van der Waals surface area contributed by atoms with Crippen LogP contribution in [0.3, 0.4) is 0 Å². The number of amides is 1. The number of rotatable bonds is 10. The number of fused-ring (bicyclic) bond motifs is 2. The highest BCUT2D eigenvalue weighted by Crippen LogP contribution is 2.29. The summed E-state index contributed by atoms with van der Waals surface area (Å²) >= 11 is 0. The first-order chi connectivity index (χ1) is 26.3. The Hall–Kier alpha value is -5.73. The van der Waals surface area contributed by atoms with Crippen molar-refractivity contribution in [3.8, 4) is 22.6 Å². The second-order valence-corrected chi connectivity index (χ2v) is 13.8. The van der Waals surface area contributed by atoms with Crippen LogP contribution in [0.4, 0.5) is 8.78 Å². The van der Waals surface area contributed by atoms with Crippen LogP contribution in [0.1, 0.15) is 48.6 Å². The number of carbonyl (C=O) groups excluding carboxylic acids is 1. The summed E-state index contributed by atoms with van der Waals surface area (Å²) < 4.78 is 43.6. The topological polar surface area (TPSA) is 125 Å². The average Bonchev–Trinajstić information content (AvgIpc) is 3.62. The van der Waals surface area contributed by atoms with Crippen LogP contribution in [0.15, 0.2) is 94.9 Å². The fourth-order valence-electron chi connectivity index (χ4n) is 7.42. The lowest BCUT2D eigenvalue weighted by Gasteiger charge is -2.30. The number of morpholine rings is 1. The lowest BCUT2D eigenvalue weighted by Crippen LogP contribution is -2.45. The van der Waals surface area contributed by atoms with E-state index in [1.165, 1.54) is 38.1 Å². The zero-order valence-corrected chi connectivity index (χ0v) is 29.5. The minimum atomic E-state index is -0.686. The molecule has 1 aliphatic carbocycles. The Labute approximate surface area is 308 Å². The summed E-state index contributed by atoms with van der Waals surface area (Å²) in [6.07, 6.45) is 6.47. The van der Waals surface area contributed by atoms with Gasteiger partial charge in [-0.05, 0) is 85.7 Å². The fraction of sp³-hybridized carbons (Fsp3) is 0.325. The van der Waals surface area contributed by atoms with E-state index in [9.17, 15) is 23.2 Å². The Balaban J connectivity index is 0.999. The molecule has 54 heavy (non-hydrogen) atoms. The molecule has 2 fully saturated rings. The van der Waals surface area contributed by atoms with Crippen LogP contribution in [-0.4, -0.2) is 79.8 Å². The molecule has 1 amide bonds. The van der Waals surface area contributed by atoms with Gasteiger partial charge in [0.2, 0.25) is 0 Å². The number of imidazole rings is 1. The average molecular weight is 736 g/mol. The predicted octanol–water partition coefficient (Wildman–Crippen LogP) is 5.16. The largest absolute Gasteiger partial charge is 0.494 e. The molecule has 1 N–H and O–H groups in total. The number of nitrogens with zero attached hydrogens (tertiary/aromatic N) is 6. The van der Waals surface area contributed by atoms with Crippen molar-refractivity contribution >= 4 is 22.6 Å². The number of benzene rings is 2. The van der Waals surface area contributed by atoms with Crippen molar-refractivity contribution < 1.29 is 23.0 Å². The molecule has 0 unspecified atom stereocenters. The number of pyridine rings is 2. The number of hydrogen-bond acceptors (Lipinski definition) is 8. The normalized spacial score (nSPS) is 17.9. The van der Waals surface area contributed by atoms with E-state index >= 15 is 0 Å². The summed E-state index contributed by atoms with van der Waals surface area (Å²) in [6, 6.07) is 18.3. The number of hydrogen-bond donors (Lipinski definition) is 1. The van der Waals surface area contributed by atoms with Crippen molar-refractivity contribution in [3.05, 3.63) is 123 Å². The van der Waals surface area contributed by atoms with Crippen molar-refractivity contribution in [2.75, 3.05) is 39.5 Å². The summed E-state index contributed by atoms with van der Waals surface area (Å²) in [6.45, 7) is 5.01. The molecule has 0 bridgehead atoms. The Morgan fingerprint density at radius 1 is 0.907 bits per heavy atom. The second kappa shape index (κ2) is 15.3. The Morgan fingerprint density at radius 3 is 2.50 bits per heavy atom. The van der Waals surface area contributed by atoms with E-state index in [4.69, 9.17) is 9.47 Å². The molecule has 1 saturated carbocycles. The van der Waals surface area contributed by atoms with E-state index < -0.39 is 34.8 Å². The van der Waals surface area contributed by atoms with Crippen LogP contribution in [0.25, 0.3) is 33.5 Å². The summed E-state index contributed by atoms with van der Waals surface area (Å²) in [7, 11) is 0.